The predicted octanol–water partition coefficient (Wildman–Crippen LogP) is 1.93. The number of thioether (sulfide) groups is 1. The molecule has 3 rings (SSSR count). The molecule has 0 aliphatic heterocycles. The van der Waals surface area contributed by atoms with Gasteiger partial charge in [0.05, 0.1) is 5.25 Å². The smallest absolute Gasteiger partial charge is 0.332 e. The van der Waals surface area contributed by atoms with Crippen molar-refractivity contribution in [3.63, 3.8) is 0 Å². The molecule has 11 heteroatoms. The molecule has 0 saturated carbocycles. The van der Waals surface area contributed by atoms with Crippen LogP contribution in [-0.4, -0.2) is 43.5 Å². The van der Waals surface area contributed by atoms with Gasteiger partial charge in [0.1, 0.15) is 11.4 Å². The summed E-state index contributed by atoms with van der Waals surface area (Å²) in [7, 11) is 2.70. The normalized spacial score (nSPS) is 12.0. The summed E-state index contributed by atoms with van der Waals surface area (Å²) in [6, 6.07) is 7.78. The highest BCUT2D eigenvalue weighted by molar-refractivity contribution is 8.00. The van der Waals surface area contributed by atoms with E-state index in [9.17, 15) is 14.4 Å². The van der Waals surface area contributed by atoms with Gasteiger partial charge in [-0.3, -0.25) is 18.7 Å². The van der Waals surface area contributed by atoms with E-state index < -0.39 is 22.3 Å². The number of ketones is 1. The van der Waals surface area contributed by atoms with Crippen molar-refractivity contribution < 1.29 is 9.21 Å². The van der Waals surface area contributed by atoms with Gasteiger partial charge in [0.25, 0.3) is 10.8 Å². The molecule has 1 unspecified atom stereocenters. The van der Waals surface area contributed by atoms with Crippen molar-refractivity contribution in [1.82, 2.24) is 19.3 Å². The van der Waals surface area contributed by atoms with E-state index >= 15 is 0 Å². The van der Waals surface area contributed by atoms with E-state index in [4.69, 9.17) is 10.2 Å². The van der Waals surface area contributed by atoms with Crippen LogP contribution in [0.2, 0.25) is 0 Å². The van der Waals surface area contributed by atoms with Gasteiger partial charge in [-0.2, -0.15) is 0 Å². The van der Waals surface area contributed by atoms with Gasteiger partial charge in [0.2, 0.25) is 5.89 Å². The number of hydrogen-bond donors (Lipinski definition) is 1. The number of nitrogen functional groups attached to an aromatic ring is 1. The van der Waals surface area contributed by atoms with Crippen molar-refractivity contribution >= 4 is 29.1 Å². The molecule has 0 aliphatic carbocycles. The van der Waals surface area contributed by atoms with Gasteiger partial charge in [-0.15, -0.1) is 10.2 Å². The van der Waals surface area contributed by atoms with Crippen LogP contribution < -0.4 is 21.9 Å². The Labute approximate surface area is 189 Å². The molecule has 0 fully saturated rings. The Bertz CT molecular complexity index is 1240. The summed E-state index contributed by atoms with van der Waals surface area (Å²) in [5.74, 6) is -0.363. The monoisotopic (exact) mass is 458 g/mol. The molecule has 32 heavy (non-hydrogen) atoms. The maximum atomic E-state index is 12.9. The van der Waals surface area contributed by atoms with Crippen LogP contribution in [0.5, 0.6) is 0 Å². The van der Waals surface area contributed by atoms with E-state index in [1.54, 1.807) is 6.92 Å². The van der Waals surface area contributed by atoms with Crippen LogP contribution >= 0.6 is 11.8 Å². The number of carbonyl (C=O) groups excluding carboxylic acids is 1. The standard InChI is InChI=1S/C21H26N6O4S/c1-6-27(7-2)14-10-8-13(9-11-14)18-23-24-20(31-18)32-12(3)16(28)15-17(22)25(4)21(30)26(5)19(15)29/h8-12H,6-7,22H2,1-5H3. The number of nitrogens with zero attached hydrogens (tertiary/aromatic N) is 5. The summed E-state index contributed by atoms with van der Waals surface area (Å²) in [6.07, 6.45) is 0. The van der Waals surface area contributed by atoms with Gasteiger partial charge in [-0.1, -0.05) is 11.8 Å². The lowest BCUT2D eigenvalue weighted by molar-refractivity contribution is 0.0991. The van der Waals surface area contributed by atoms with E-state index in [0.29, 0.717) is 5.89 Å². The number of hydrogen-bond acceptors (Lipinski definition) is 9. The molecule has 0 spiro atoms. The van der Waals surface area contributed by atoms with E-state index in [-0.39, 0.29) is 16.6 Å². The molecule has 2 heterocycles. The van der Waals surface area contributed by atoms with Crippen molar-refractivity contribution in [3.05, 3.63) is 50.7 Å². The molecule has 2 aromatic heterocycles. The fourth-order valence-electron chi connectivity index (χ4n) is 3.28. The summed E-state index contributed by atoms with van der Waals surface area (Å²) < 4.78 is 7.63. The molecule has 0 bridgehead atoms. The Morgan fingerprint density at radius 3 is 2.34 bits per heavy atom. The van der Waals surface area contributed by atoms with Gasteiger partial charge in [0, 0.05) is 38.4 Å². The number of carbonyl (C=O) groups is 1. The first-order chi connectivity index (χ1) is 15.2. The van der Waals surface area contributed by atoms with Crippen molar-refractivity contribution in [2.45, 2.75) is 31.2 Å². The van der Waals surface area contributed by atoms with Gasteiger partial charge in [-0.05, 0) is 45.0 Å². The molecule has 2 N–H and O–H groups in total. The van der Waals surface area contributed by atoms with Crippen molar-refractivity contribution in [3.8, 4) is 11.5 Å². The highest BCUT2D eigenvalue weighted by atomic mass is 32.2. The first-order valence-electron chi connectivity index (χ1n) is 10.1. The first-order valence-corrected chi connectivity index (χ1v) is 11.0. The summed E-state index contributed by atoms with van der Waals surface area (Å²) in [4.78, 5) is 39.6. The number of aromatic nitrogens is 4. The molecular formula is C21H26N6O4S. The topological polar surface area (TPSA) is 129 Å². The average Bonchev–Trinajstić information content (AvgIpc) is 3.26. The lowest BCUT2D eigenvalue weighted by Gasteiger charge is -2.20. The number of anilines is 2. The zero-order valence-corrected chi connectivity index (χ0v) is 19.5. The third-order valence-electron chi connectivity index (χ3n) is 5.25. The van der Waals surface area contributed by atoms with Gasteiger partial charge < -0.3 is 15.1 Å². The van der Waals surface area contributed by atoms with E-state index in [2.05, 4.69) is 28.9 Å². The number of rotatable bonds is 8. The second-order valence-corrected chi connectivity index (χ2v) is 8.47. The van der Waals surface area contributed by atoms with Crippen LogP contribution in [0, 0.1) is 0 Å². The lowest BCUT2D eigenvalue weighted by Crippen LogP contribution is -2.42. The van der Waals surface area contributed by atoms with Crippen LogP contribution in [-0.2, 0) is 14.1 Å². The summed E-state index contributed by atoms with van der Waals surface area (Å²) in [5, 5.41) is 7.52. The van der Waals surface area contributed by atoms with Gasteiger partial charge >= 0.3 is 5.69 Å². The summed E-state index contributed by atoms with van der Waals surface area (Å²) >= 11 is 1.02. The zero-order valence-electron chi connectivity index (χ0n) is 18.7. The highest BCUT2D eigenvalue weighted by Crippen LogP contribution is 2.29. The molecular weight excluding hydrogens is 432 g/mol. The second kappa shape index (κ2) is 9.43. The number of Topliss-reactive ketones (excluding diaryl/α,β-unsaturated/α-hetero) is 1. The molecule has 0 aliphatic rings. The maximum absolute atomic E-state index is 12.9. The van der Waals surface area contributed by atoms with Crippen LogP contribution in [0.3, 0.4) is 0 Å². The number of benzene rings is 1. The highest BCUT2D eigenvalue weighted by Gasteiger charge is 2.27. The zero-order chi connectivity index (χ0) is 23.6. The van der Waals surface area contributed by atoms with Crippen LogP contribution in [0.1, 0.15) is 31.1 Å². The Morgan fingerprint density at radius 2 is 1.75 bits per heavy atom. The summed E-state index contributed by atoms with van der Waals surface area (Å²) in [6.45, 7) is 7.62. The second-order valence-electron chi connectivity index (χ2n) is 7.18. The first kappa shape index (κ1) is 23.3. The van der Waals surface area contributed by atoms with Gasteiger partial charge in [0.15, 0.2) is 5.78 Å². The minimum atomic E-state index is -0.735. The fraction of sp³-hybridized carbons (Fsp3) is 0.381. The third kappa shape index (κ3) is 4.33. The Morgan fingerprint density at radius 1 is 1.12 bits per heavy atom. The fourth-order valence-corrected chi connectivity index (χ4v) is 4.02. The maximum Gasteiger partial charge on any atom is 0.332 e. The quantitative estimate of drug-likeness (QED) is 0.397. The third-order valence-corrected chi connectivity index (χ3v) is 6.19. The van der Waals surface area contributed by atoms with Gasteiger partial charge in [-0.25, -0.2) is 4.79 Å². The predicted molar refractivity (Wildman–Crippen MR) is 124 cm³/mol. The molecule has 0 amide bonds. The van der Waals surface area contributed by atoms with Crippen LogP contribution in [0.25, 0.3) is 11.5 Å². The lowest BCUT2D eigenvalue weighted by atomic mass is 10.1. The summed E-state index contributed by atoms with van der Waals surface area (Å²) in [5.41, 5.74) is 6.18. The Kier molecular flexibility index (Phi) is 6.87. The van der Waals surface area contributed by atoms with Crippen molar-refractivity contribution in [1.29, 1.82) is 0 Å². The minimum absolute atomic E-state index is 0.171. The van der Waals surface area contributed by atoms with Crippen molar-refractivity contribution in [2.75, 3.05) is 23.7 Å². The largest absolute Gasteiger partial charge is 0.411 e. The van der Waals surface area contributed by atoms with E-state index in [1.807, 2.05) is 24.3 Å². The Hall–Kier alpha value is -3.34. The molecule has 0 radical (unpaired) electrons. The molecule has 1 aromatic carbocycles. The molecule has 170 valence electrons. The Balaban J connectivity index is 1.80. The van der Waals surface area contributed by atoms with E-state index in [0.717, 1.165) is 45.2 Å². The van der Waals surface area contributed by atoms with Crippen molar-refractivity contribution in [2.24, 2.45) is 14.1 Å². The molecule has 10 nitrogen and oxygen atoms in total. The van der Waals surface area contributed by atoms with Crippen LogP contribution in [0.15, 0.2) is 43.5 Å². The van der Waals surface area contributed by atoms with Crippen LogP contribution in [0.4, 0.5) is 11.5 Å². The SMILES string of the molecule is CCN(CC)c1ccc(-c2nnc(SC(C)C(=O)c3c(N)n(C)c(=O)n(C)c3=O)o2)cc1. The molecule has 1 atom stereocenters. The molecule has 3 aromatic rings. The minimum Gasteiger partial charge on any atom is -0.411 e. The molecule has 0 saturated heterocycles. The number of nitrogens with two attached hydrogens (primary N) is 1. The van der Waals surface area contributed by atoms with E-state index in [1.165, 1.54) is 14.1 Å². The average molecular weight is 459 g/mol.